The summed E-state index contributed by atoms with van der Waals surface area (Å²) in [7, 11) is 1.94. The van der Waals surface area contributed by atoms with Gasteiger partial charge in [-0.2, -0.15) is 0 Å². The van der Waals surface area contributed by atoms with E-state index in [-0.39, 0.29) is 0 Å². The van der Waals surface area contributed by atoms with Crippen molar-refractivity contribution in [3.8, 4) is 0 Å². The Kier molecular flexibility index (Phi) is 4.23. The molecule has 0 saturated heterocycles. The molecule has 0 unspecified atom stereocenters. The number of aldehydes is 1. The fourth-order valence-corrected chi connectivity index (χ4v) is 2.52. The maximum Gasteiger partial charge on any atom is 0.152 e. The number of hydrogen-bond donors (Lipinski definition) is 0. The van der Waals surface area contributed by atoms with E-state index in [1.165, 1.54) is 11.1 Å². The number of hydrogen-bond acceptors (Lipinski definition) is 2. The fourth-order valence-electron chi connectivity index (χ4n) is 2.19. The molecule has 0 heterocycles. The highest BCUT2D eigenvalue weighted by atomic mass is 35.5. The number of carbonyl (C=O) groups excluding carboxylic acids is 1. The molecule has 0 N–H and O–H groups in total. The van der Waals surface area contributed by atoms with Crippen molar-refractivity contribution in [1.29, 1.82) is 0 Å². The molecular weight excluding hydrogens is 258 g/mol. The van der Waals surface area contributed by atoms with Gasteiger partial charge >= 0.3 is 0 Å². The van der Waals surface area contributed by atoms with Crippen LogP contribution in [0.2, 0.25) is 5.02 Å². The van der Waals surface area contributed by atoms with Gasteiger partial charge in [0.2, 0.25) is 0 Å². The van der Waals surface area contributed by atoms with Gasteiger partial charge in [0.15, 0.2) is 6.29 Å². The number of benzene rings is 2. The van der Waals surface area contributed by atoms with E-state index in [1.807, 2.05) is 18.0 Å². The standard InChI is InChI=1S/C16H16ClNO/c1-12-5-3-6-13(9-12)10-18(2)16-14(11-19)7-4-8-15(16)17/h3-9,11H,10H2,1-2H3. The summed E-state index contributed by atoms with van der Waals surface area (Å²) < 4.78 is 0. The van der Waals surface area contributed by atoms with Crippen LogP contribution in [0.15, 0.2) is 42.5 Å². The third-order valence-electron chi connectivity index (χ3n) is 3.03. The minimum absolute atomic E-state index is 0.597. The lowest BCUT2D eigenvalue weighted by atomic mass is 10.1. The number of para-hydroxylation sites is 1. The zero-order valence-electron chi connectivity index (χ0n) is 11.1. The Morgan fingerprint density at radius 3 is 2.63 bits per heavy atom. The molecule has 3 heteroatoms. The minimum Gasteiger partial charge on any atom is -0.368 e. The van der Waals surface area contributed by atoms with Crippen LogP contribution >= 0.6 is 11.6 Å². The first-order valence-corrected chi connectivity index (χ1v) is 6.50. The Morgan fingerprint density at radius 2 is 1.95 bits per heavy atom. The van der Waals surface area contributed by atoms with Crippen LogP contribution in [-0.2, 0) is 6.54 Å². The molecule has 2 aromatic carbocycles. The van der Waals surface area contributed by atoms with Gasteiger partial charge in [0.05, 0.1) is 10.7 Å². The summed E-state index contributed by atoms with van der Waals surface area (Å²) in [6.45, 7) is 2.78. The smallest absolute Gasteiger partial charge is 0.152 e. The predicted molar refractivity (Wildman–Crippen MR) is 80.1 cm³/mol. The molecule has 2 rings (SSSR count). The van der Waals surface area contributed by atoms with Crippen molar-refractivity contribution < 1.29 is 4.79 Å². The van der Waals surface area contributed by atoms with Crippen LogP contribution in [0.1, 0.15) is 21.5 Å². The molecule has 98 valence electrons. The molecule has 19 heavy (non-hydrogen) atoms. The molecule has 0 aliphatic rings. The quantitative estimate of drug-likeness (QED) is 0.782. The van der Waals surface area contributed by atoms with Crippen molar-refractivity contribution >= 4 is 23.6 Å². The Labute approximate surface area is 118 Å². The first-order chi connectivity index (χ1) is 9.11. The molecule has 0 aliphatic carbocycles. The van der Waals surface area contributed by atoms with Gasteiger partial charge < -0.3 is 4.90 Å². The van der Waals surface area contributed by atoms with Gasteiger partial charge in [-0.15, -0.1) is 0 Å². The van der Waals surface area contributed by atoms with E-state index >= 15 is 0 Å². The number of carbonyl (C=O) groups is 1. The summed E-state index contributed by atoms with van der Waals surface area (Å²) >= 11 is 6.20. The van der Waals surface area contributed by atoms with Crippen LogP contribution < -0.4 is 4.90 Å². The van der Waals surface area contributed by atoms with E-state index in [0.717, 1.165) is 12.0 Å². The van der Waals surface area contributed by atoms with Crippen molar-refractivity contribution in [1.82, 2.24) is 0 Å². The topological polar surface area (TPSA) is 20.3 Å². The molecule has 0 amide bonds. The van der Waals surface area contributed by atoms with Crippen LogP contribution in [0.25, 0.3) is 0 Å². The lowest BCUT2D eigenvalue weighted by molar-refractivity contribution is 0.112. The van der Waals surface area contributed by atoms with Crippen LogP contribution in [0.4, 0.5) is 5.69 Å². The van der Waals surface area contributed by atoms with E-state index in [1.54, 1.807) is 18.2 Å². The Balaban J connectivity index is 2.30. The third-order valence-corrected chi connectivity index (χ3v) is 3.33. The average Bonchev–Trinajstić information content (AvgIpc) is 2.38. The predicted octanol–water partition coefficient (Wildman–Crippen LogP) is 4.10. The van der Waals surface area contributed by atoms with Crippen LogP contribution in [-0.4, -0.2) is 13.3 Å². The van der Waals surface area contributed by atoms with Crippen molar-refractivity contribution in [2.75, 3.05) is 11.9 Å². The summed E-state index contributed by atoms with van der Waals surface area (Å²) in [5, 5.41) is 0.597. The average molecular weight is 274 g/mol. The molecule has 2 nitrogen and oxygen atoms in total. The summed E-state index contributed by atoms with van der Waals surface area (Å²) in [6.07, 6.45) is 0.841. The van der Waals surface area contributed by atoms with Crippen molar-refractivity contribution in [2.45, 2.75) is 13.5 Å². The van der Waals surface area contributed by atoms with E-state index in [0.29, 0.717) is 17.1 Å². The molecule has 0 bridgehead atoms. The van der Waals surface area contributed by atoms with E-state index < -0.39 is 0 Å². The Hall–Kier alpha value is -1.80. The summed E-state index contributed by atoms with van der Waals surface area (Å²) in [4.78, 5) is 13.1. The zero-order valence-corrected chi connectivity index (χ0v) is 11.8. The maximum atomic E-state index is 11.1. The number of rotatable bonds is 4. The monoisotopic (exact) mass is 273 g/mol. The number of aryl methyl sites for hydroxylation is 1. The SMILES string of the molecule is Cc1cccc(CN(C)c2c(Cl)cccc2C=O)c1. The second-order valence-electron chi connectivity index (χ2n) is 4.64. The van der Waals surface area contributed by atoms with Crippen LogP contribution in [0.5, 0.6) is 0 Å². The fraction of sp³-hybridized carbons (Fsp3) is 0.188. The number of halogens is 1. The molecule has 0 aromatic heterocycles. The second kappa shape index (κ2) is 5.89. The first kappa shape index (κ1) is 13.6. The van der Waals surface area contributed by atoms with Crippen molar-refractivity contribution in [3.05, 3.63) is 64.2 Å². The largest absolute Gasteiger partial charge is 0.368 e. The van der Waals surface area contributed by atoms with E-state index in [9.17, 15) is 4.79 Å². The molecule has 0 aliphatic heterocycles. The van der Waals surface area contributed by atoms with Crippen molar-refractivity contribution in [3.63, 3.8) is 0 Å². The number of anilines is 1. The molecule has 0 radical (unpaired) electrons. The lowest BCUT2D eigenvalue weighted by Gasteiger charge is -2.22. The minimum atomic E-state index is 0.597. The molecule has 0 atom stereocenters. The summed E-state index contributed by atoms with van der Waals surface area (Å²) in [5.41, 5.74) is 3.81. The zero-order chi connectivity index (χ0) is 13.8. The molecule has 0 spiro atoms. The van der Waals surface area contributed by atoms with Gasteiger partial charge in [-0.25, -0.2) is 0 Å². The third kappa shape index (κ3) is 3.15. The van der Waals surface area contributed by atoms with Crippen LogP contribution in [0.3, 0.4) is 0 Å². The first-order valence-electron chi connectivity index (χ1n) is 6.12. The highest BCUT2D eigenvalue weighted by molar-refractivity contribution is 6.33. The molecular formula is C16H16ClNO. The highest BCUT2D eigenvalue weighted by Gasteiger charge is 2.11. The number of nitrogens with zero attached hydrogens (tertiary/aromatic N) is 1. The molecule has 2 aromatic rings. The van der Waals surface area contributed by atoms with Gasteiger partial charge in [0, 0.05) is 19.2 Å². The lowest BCUT2D eigenvalue weighted by Crippen LogP contribution is -2.18. The van der Waals surface area contributed by atoms with E-state index in [2.05, 4.69) is 25.1 Å². The Bertz CT molecular complexity index is 595. The van der Waals surface area contributed by atoms with Gasteiger partial charge in [-0.3, -0.25) is 4.79 Å². The second-order valence-corrected chi connectivity index (χ2v) is 5.05. The van der Waals surface area contributed by atoms with Gasteiger partial charge in [0.1, 0.15) is 0 Å². The van der Waals surface area contributed by atoms with Gasteiger partial charge in [-0.1, -0.05) is 47.5 Å². The van der Waals surface area contributed by atoms with Crippen molar-refractivity contribution in [2.24, 2.45) is 0 Å². The maximum absolute atomic E-state index is 11.1. The summed E-state index contributed by atoms with van der Waals surface area (Å²) in [6, 6.07) is 13.7. The normalized spacial score (nSPS) is 10.3. The van der Waals surface area contributed by atoms with Gasteiger partial charge in [-0.05, 0) is 24.6 Å². The molecule has 0 saturated carbocycles. The van der Waals surface area contributed by atoms with E-state index in [4.69, 9.17) is 11.6 Å². The highest BCUT2D eigenvalue weighted by Crippen LogP contribution is 2.29. The molecule has 0 fully saturated rings. The van der Waals surface area contributed by atoms with Crippen LogP contribution in [0, 0.1) is 6.92 Å². The summed E-state index contributed by atoms with van der Waals surface area (Å²) in [5.74, 6) is 0. The van der Waals surface area contributed by atoms with Gasteiger partial charge in [0.25, 0.3) is 0 Å². The Morgan fingerprint density at radius 1 is 1.21 bits per heavy atom.